The molecule has 9 heteroatoms. The van der Waals surface area contributed by atoms with E-state index in [1.165, 1.54) is 0 Å². The SMILES string of the molecule is CCOc1ccc(NC(=S)Nc2cccc(S(=O)(=O)NC3=[NH+]CCC3)c2)cc1. The van der Waals surface area contributed by atoms with E-state index in [-0.39, 0.29) is 4.90 Å². The van der Waals surface area contributed by atoms with Gasteiger partial charge in [0.05, 0.1) is 19.6 Å². The number of nitrogens with one attached hydrogen (secondary N) is 4. The van der Waals surface area contributed by atoms with E-state index >= 15 is 0 Å². The largest absolute Gasteiger partial charge is 0.494 e. The maximum absolute atomic E-state index is 12.5. The predicted octanol–water partition coefficient (Wildman–Crippen LogP) is 1.45. The second-order valence-electron chi connectivity index (χ2n) is 6.18. The van der Waals surface area contributed by atoms with Gasteiger partial charge in [0.15, 0.2) is 5.11 Å². The first kappa shape index (κ1) is 20.1. The van der Waals surface area contributed by atoms with E-state index in [1.807, 2.05) is 31.2 Å². The Bertz CT molecular complexity index is 973. The first-order valence-corrected chi connectivity index (χ1v) is 10.9. The minimum Gasteiger partial charge on any atom is -0.494 e. The van der Waals surface area contributed by atoms with Crippen LogP contribution in [0.15, 0.2) is 53.4 Å². The molecule has 0 saturated carbocycles. The molecule has 1 heterocycles. The lowest BCUT2D eigenvalue weighted by Gasteiger charge is -2.12. The lowest BCUT2D eigenvalue weighted by Crippen LogP contribution is -2.72. The molecule has 0 amide bonds. The van der Waals surface area contributed by atoms with Crippen molar-refractivity contribution in [3.05, 3.63) is 48.5 Å². The van der Waals surface area contributed by atoms with Gasteiger partial charge < -0.3 is 15.4 Å². The molecule has 0 aliphatic carbocycles. The second kappa shape index (κ2) is 9.03. The van der Waals surface area contributed by atoms with Crippen LogP contribution in [0.5, 0.6) is 5.75 Å². The van der Waals surface area contributed by atoms with Crippen molar-refractivity contribution in [2.24, 2.45) is 0 Å². The number of hydrogen-bond donors (Lipinski definition) is 4. The molecule has 0 unspecified atom stereocenters. The summed E-state index contributed by atoms with van der Waals surface area (Å²) >= 11 is 5.32. The molecular formula is C19H23N4O3S2+. The minimum atomic E-state index is -3.64. The third-order valence-electron chi connectivity index (χ3n) is 4.02. The summed E-state index contributed by atoms with van der Waals surface area (Å²) in [7, 11) is -3.64. The fourth-order valence-corrected chi connectivity index (χ4v) is 4.13. The molecule has 0 saturated heterocycles. The van der Waals surface area contributed by atoms with Crippen LogP contribution in [0.25, 0.3) is 0 Å². The first-order chi connectivity index (χ1) is 13.5. The third kappa shape index (κ3) is 5.43. The summed E-state index contributed by atoms with van der Waals surface area (Å²) in [4.78, 5) is 3.21. The van der Waals surface area contributed by atoms with Crippen LogP contribution in [-0.4, -0.2) is 32.5 Å². The topological polar surface area (TPSA) is 93.4 Å². The fourth-order valence-electron chi connectivity index (χ4n) is 2.74. The summed E-state index contributed by atoms with van der Waals surface area (Å²) in [5.41, 5.74) is 1.38. The fraction of sp³-hybridized carbons (Fsp3) is 0.263. The van der Waals surface area contributed by atoms with Crippen molar-refractivity contribution >= 4 is 44.6 Å². The average Bonchev–Trinajstić information content (AvgIpc) is 3.16. The molecule has 1 aliphatic rings. The molecule has 7 nitrogen and oxygen atoms in total. The van der Waals surface area contributed by atoms with Gasteiger partial charge in [-0.05, 0) is 68.0 Å². The van der Waals surface area contributed by atoms with Crippen molar-refractivity contribution in [3.63, 3.8) is 0 Å². The Labute approximate surface area is 170 Å². The van der Waals surface area contributed by atoms with Crippen LogP contribution in [0, 0.1) is 0 Å². The van der Waals surface area contributed by atoms with Gasteiger partial charge in [-0.1, -0.05) is 6.07 Å². The van der Waals surface area contributed by atoms with E-state index in [1.54, 1.807) is 24.3 Å². The number of thiocarbonyl (C=S) groups is 1. The number of anilines is 2. The molecule has 1 aliphatic heterocycles. The number of rotatable bonds is 6. The van der Waals surface area contributed by atoms with Crippen LogP contribution < -0.4 is 25.1 Å². The van der Waals surface area contributed by atoms with Gasteiger partial charge in [0.2, 0.25) is 0 Å². The van der Waals surface area contributed by atoms with Crippen LogP contribution >= 0.6 is 12.2 Å². The highest BCUT2D eigenvalue weighted by Gasteiger charge is 2.24. The Hall–Kier alpha value is -2.65. The molecule has 4 N–H and O–H groups in total. The van der Waals surface area contributed by atoms with E-state index in [0.29, 0.717) is 29.7 Å². The Morgan fingerprint density at radius 2 is 1.89 bits per heavy atom. The molecule has 0 atom stereocenters. The summed E-state index contributed by atoms with van der Waals surface area (Å²) in [6, 6.07) is 13.9. The Balaban J connectivity index is 1.64. The van der Waals surface area contributed by atoms with Crippen molar-refractivity contribution in [2.75, 3.05) is 23.8 Å². The number of amidine groups is 1. The predicted molar refractivity (Wildman–Crippen MR) is 114 cm³/mol. The third-order valence-corrected chi connectivity index (χ3v) is 5.62. The minimum absolute atomic E-state index is 0.169. The van der Waals surface area contributed by atoms with Crippen LogP contribution in [0.4, 0.5) is 11.4 Å². The van der Waals surface area contributed by atoms with Gasteiger partial charge in [0, 0.05) is 11.4 Å². The Morgan fingerprint density at radius 1 is 1.14 bits per heavy atom. The zero-order valence-corrected chi connectivity index (χ0v) is 17.1. The first-order valence-electron chi connectivity index (χ1n) is 9.00. The average molecular weight is 420 g/mol. The molecule has 28 heavy (non-hydrogen) atoms. The zero-order valence-electron chi connectivity index (χ0n) is 15.5. The summed E-state index contributed by atoms with van der Waals surface area (Å²) in [6.45, 7) is 3.32. The van der Waals surface area contributed by atoms with Gasteiger partial charge in [0.1, 0.15) is 10.6 Å². The molecule has 0 spiro atoms. The standard InChI is InChI=1S/C19H22N4O3S2/c1-2-26-16-10-8-14(9-11-16)21-19(27)22-15-5-3-6-17(13-15)28(24,25)23-18-7-4-12-20-18/h3,5-6,8-11,13H,2,4,7,12H2,1H3,(H,20,23)(H2,21,22,27)/p+1. The van der Waals surface area contributed by atoms with E-state index in [4.69, 9.17) is 17.0 Å². The maximum atomic E-state index is 12.5. The maximum Gasteiger partial charge on any atom is 0.328 e. The number of sulfonamides is 1. The van der Waals surface area contributed by atoms with E-state index < -0.39 is 10.0 Å². The van der Waals surface area contributed by atoms with Crippen LogP contribution in [0.2, 0.25) is 0 Å². The lowest BCUT2D eigenvalue weighted by atomic mass is 10.3. The molecule has 3 rings (SSSR count). The van der Waals surface area contributed by atoms with Crippen LogP contribution in [-0.2, 0) is 10.0 Å². The van der Waals surface area contributed by atoms with Gasteiger partial charge >= 0.3 is 10.0 Å². The van der Waals surface area contributed by atoms with Crippen molar-refractivity contribution in [2.45, 2.75) is 24.7 Å². The van der Waals surface area contributed by atoms with Crippen molar-refractivity contribution in [3.8, 4) is 5.75 Å². The smallest absolute Gasteiger partial charge is 0.328 e. The highest BCUT2D eigenvalue weighted by atomic mass is 32.2. The lowest BCUT2D eigenvalue weighted by molar-refractivity contribution is -0.448. The van der Waals surface area contributed by atoms with Gasteiger partial charge in [-0.2, -0.15) is 13.1 Å². The molecule has 0 aromatic heterocycles. The number of benzene rings is 2. The van der Waals surface area contributed by atoms with Crippen molar-refractivity contribution < 1.29 is 18.1 Å². The van der Waals surface area contributed by atoms with E-state index in [2.05, 4.69) is 20.3 Å². The van der Waals surface area contributed by atoms with Crippen LogP contribution in [0.3, 0.4) is 0 Å². The summed E-state index contributed by atoms with van der Waals surface area (Å²) in [5.74, 6) is 1.41. The Morgan fingerprint density at radius 3 is 2.57 bits per heavy atom. The Kier molecular flexibility index (Phi) is 6.48. The normalized spacial score (nSPS) is 13.5. The highest BCUT2D eigenvalue weighted by molar-refractivity contribution is 7.90. The second-order valence-corrected chi connectivity index (χ2v) is 8.27. The van der Waals surface area contributed by atoms with Crippen molar-refractivity contribution in [1.82, 2.24) is 4.72 Å². The zero-order chi connectivity index (χ0) is 20.0. The number of ether oxygens (including phenoxy) is 1. The van der Waals surface area contributed by atoms with Gasteiger partial charge in [-0.15, -0.1) is 0 Å². The molecule has 148 valence electrons. The van der Waals surface area contributed by atoms with Gasteiger partial charge in [-0.3, -0.25) is 4.99 Å². The molecule has 0 radical (unpaired) electrons. The van der Waals surface area contributed by atoms with Gasteiger partial charge in [-0.25, -0.2) is 0 Å². The van der Waals surface area contributed by atoms with Crippen LogP contribution in [0.1, 0.15) is 19.8 Å². The molecule has 2 aromatic rings. The molecular weight excluding hydrogens is 396 g/mol. The van der Waals surface area contributed by atoms with E-state index in [0.717, 1.165) is 24.4 Å². The highest BCUT2D eigenvalue weighted by Crippen LogP contribution is 2.18. The number of hydrogen-bond acceptors (Lipinski definition) is 4. The molecule has 0 fully saturated rings. The summed E-state index contributed by atoms with van der Waals surface area (Å²) in [5, 5.41) is 6.43. The molecule has 0 bridgehead atoms. The van der Waals surface area contributed by atoms with Crippen molar-refractivity contribution in [1.29, 1.82) is 0 Å². The quantitative estimate of drug-likeness (QED) is 0.530. The van der Waals surface area contributed by atoms with Gasteiger partial charge in [0.25, 0.3) is 5.84 Å². The summed E-state index contributed by atoms with van der Waals surface area (Å²) in [6.07, 6.45) is 1.62. The molecule has 2 aromatic carbocycles. The van der Waals surface area contributed by atoms with E-state index in [9.17, 15) is 8.42 Å². The summed E-state index contributed by atoms with van der Waals surface area (Å²) < 4.78 is 33.1. The monoisotopic (exact) mass is 419 g/mol.